The molecule has 0 fully saturated rings. The van der Waals surface area contributed by atoms with Crippen LogP contribution in [0, 0.1) is 0 Å². The molecule has 2 aromatic carbocycles. The maximum absolute atomic E-state index is 12.6. The third-order valence-corrected chi connectivity index (χ3v) is 6.03. The molecule has 0 saturated heterocycles. The molecule has 0 aliphatic heterocycles. The molecule has 1 aromatic heterocycles. The van der Waals surface area contributed by atoms with Gasteiger partial charge in [0.05, 0.1) is 5.69 Å². The summed E-state index contributed by atoms with van der Waals surface area (Å²) in [5.41, 5.74) is 2.77. The van der Waals surface area contributed by atoms with Crippen LogP contribution in [-0.2, 0) is 13.0 Å². The maximum Gasteiger partial charge on any atom is 0.279 e. The summed E-state index contributed by atoms with van der Waals surface area (Å²) in [6.45, 7) is 4.92. The summed E-state index contributed by atoms with van der Waals surface area (Å²) in [5, 5.41) is 0.709. The van der Waals surface area contributed by atoms with Crippen molar-refractivity contribution in [2.24, 2.45) is 4.99 Å². The molecule has 134 valence electrons. The minimum absolute atomic E-state index is 0.230. The van der Waals surface area contributed by atoms with Gasteiger partial charge in [-0.2, -0.15) is 4.99 Å². The molecule has 3 nitrogen and oxygen atoms in total. The van der Waals surface area contributed by atoms with Gasteiger partial charge < -0.3 is 4.57 Å². The summed E-state index contributed by atoms with van der Waals surface area (Å²) in [7, 11) is 0. The van der Waals surface area contributed by atoms with Crippen LogP contribution in [0.1, 0.15) is 29.1 Å². The maximum atomic E-state index is 12.6. The molecule has 0 aliphatic rings. The fraction of sp³-hybridized carbons (Fsp3) is 0.200. The zero-order valence-electron chi connectivity index (χ0n) is 14.5. The highest BCUT2D eigenvalue weighted by Gasteiger charge is 2.15. The zero-order chi connectivity index (χ0) is 18.7. The molecular formula is C20H18BrClN2OS. The van der Waals surface area contributed by atoms with E-state index >= 15 is 0 Å². The lowest BCUT2D eigenvalue weighted by atomic mass is 10.1. The van der Waals surface area contributed by atoms with E-state index < -0.39 is 0 Å². The highest BCUT2D eigenvalue weighted by atomic mass is 79.9. The quantitative estimate of drug-likeness (QED) is 0.484. The fourth-order valence-corrected chi connectivity index (χ4v) is 4.28. The van der Waals surface area contributed by atoms with Crippen LogP contribution in [0.5, 0.6) is 0 Å². The molecule has 0 radical (unpaired) electrons. The second kappa shape index (κ2) is 8.33. The Morgan fingerprint density at radius 3 is 2.35 bits per heavy atom. The Hall–Kier alpha value is -1.69. The molecule has 0 aliphatic carbocycles. The van der Waals surface area contributed by atoms with Gasteiger partial charge in [0.1, 0.15) is 0 Å². The standard InChI is InChI=1S/C20H18BrClN2OS/c1-3-17-18(13-7-11-16(22)12-8-13)24(4-2)20(26-17)23-19(25)14-5-9-15(21)10-6-14/h5-12H,3-4H2,1-2H3. The molecule has 3 aromatic rings. The van der Waals surface area contributed by atoms with Gasteiger partial charge in [0.15, 0.2) is 4.80 Å². The van der Waals surface area contributed by atoms with Gasteiger partial charge in [0.25, 0.3) is 5.91 Å². The highest BCUT2D eigenvalue weighted by molar-refractivity contribution is 9.10. The van der Waals surface area contributed by atoms with Gasteiger partial charge in [-0.1, -0.05) is 46.6 Å². The lowest BCUT2D eigenvalue weighted by molar-refractivity contribution is 0.0998. The smallest absolute Gasteiger partial charge is 0.279 e. The van der Waals surface area contributed by atoms with Crippen LogP contribution in [0.25, 0.3) is 11.3 Å². The van der Waals surface area contributed by atoms with E-state index in [1.165, 1.54) is 4.88 Å². The average Bonchev–Trinajstić information content (AvgIpc) is 3.00. The van der Waals surface area contributed by atoms with Crippen LogP contribution in [0.15, 0.2) is 58.0 Å². The molecular weight excluding hydrogens is 432 g/mol. The second-order valence-corrected chi connectivity index (χ2v) is 8.10. The van der Waals surface area contributed by atoms with Crippen molar-refractivity contribution in [3.8, 4) is 11.3 Å². The Morgan fingerprint density at radius 1 is 1.12 bits per heavy atom. The monoisotopic (exact) mass is 448 g/mol. The van der Waals surface area contributed by atoms with E-state index in [0.29, 0.717) is 10.6 Å². The molecule has 26 heavy (non-hydrogen) atoms. The summed E-state index contributed by atoms with van der Waals surface area (Å²) >= 11 is 11.0. The van der Waals surface area contributed by atoms with Crippen molar-refractivity contribution in [2.45, 2.75) is 26.8 Å². The summed E-state index contributed by atoms with van der Waals surface area (Å²) in [6, 6.07) is 15.0. The lowest BCUT2D eigenvalue weighted by Gasteiger charge is -2.08. The van der Waals surface area contributed by atoms with Gasteiger partial charge in [-0.05, 0) is 55.3 Å². The van der Waals surface area contributed by atoms with Crippen LogP contribution >= 0.6 is 38.9 Å². The number of benzene rings is 2. The van der Waals surface area contributed by atoms with Gasteiger partial charge in [-0.25, -0.2) is 0 Å². The van der Waals surface area contributed by atoms with Gasteiger partial charge >= 0.3 is 0 Å². The number of hydrogen-bond donors (Lipinski definition) is 0. The number of hydrogen-bond acceptors (Lipinski definition) is 2. The first-order valence-electron chi connectivity index (χ1n) is 8.36. The molecule has 1 heterocycles. The Balaban J connectivity index is 2.12. The van der Waals surface area contributed by atoms with Crippen LogP contribution < -0.4 is 4.80 Å². The predicted molar refractivity (Wildman–Crippen MR) is 112 cm³/mol. The molecule has 0 bridgehead atoms. The molecule has 0 N–H and O–H groups in total. The van der Waals surface area contributed by atoms with Crippen LogP contribution in [0.3, 0.4) is 0 Å². The van der Waals surface area contributed by atoms with Crippen LogP contribution in [-0.4, -0.2) is 10.5 Å². The number of rotatable bonds is 4. The van der Waals surface area contributed by atoms with Gasteiger partial charge in [0, 0.05) is 26.5 Å². The van der Waals surface area contributed by atoms with E-state index in [4.69, 9.17) is 11.6 Å². The third-order valence-electron chi connectivity index (χ3n) is 4.02. The summed E-state index contributed by atoms with van der Waals surface area (Å²) < 4.78 is 3.04. The van der Waals surface area contributed by atoms with E-state index in [0.717, 1.165) is 33.5 Å². The number of aromatic nitrogens is 1. The van der Waals surface area contributed by atoms with Crippen molar-refractivity contribution in [2.75, 3.05) is 0 Å². The Morgan fingerprint density at radius 2 is 1.77 bits per heavy atom. The number of carbonyl (C=O) groups is 1. The molecule has 0 atom stereocenters. The second-order valence-electron chi connectivity index (χ2n) is 5.68. The number of nitrogens with zero attached hydrogens (tertiary/aromatic N) is 2. The van der Waals surface area contributed by atoms with Crippen molar-refractivity contribution >= 4 is 44.8 Å². The van der Waals surface area contributed by atoms with Crippen molar-refractivity contribution in [3.63, 3.8) is 0 Å². The lowest BCUT2D eigenvalue weighted by Crippen LogP contribution is -2.17. The van der Waals surface area contributed by atoms with Gasteiger partial charge in [-0.3, -0.25) is 4.79 Å². The normalized spacial score (nSPS) is 11.8. The fourth-order valence-electron chi connectivity index (χ4n) is 2.74. The van der Waals surface area contributed by atoms with Crippen molar-refractivity contribution in [1.29, 1.82) is 0 Å². The van der Waals surface area contributed by atoms with E-state index in [1.807, 2.05) is 36.4 Å². The molecule has 3 rings (SSSR count). The van der Waals surface area contributed by atoms with Crippen molar-refractivity contribution in [3.05, 3.63) is 73.3 Å². The van der Waals surface area contributed by atoms with Crippen molar-refractivity contribution in [1.82, 2.24) is 4.57 Å². The Bertz CT molecular complexity index is 988. The molecule has 0 spiro atoms. The van der Waals surface area contributed by atoms with Crippen LogP contribution in [0.2, 0.25) is 5.02 Å². The number of halogens is 2. The van der Waals surface area contributed by atoms with E-state index in [1.54, 1.807) is 23.5 Å². The number of thiazole rings is 1. The first-order valence-corrected chi connectivity index (χ1v) is 10.3. The van der Waals surface area contributed by atoms with Crippen LogP contribution in [0.4, 0.5) is 0 Å². The molecule has 6 heteroatoms. The van der Waals surface area contributed by atoms with E-state index in [-0.39, 0.29) is 5.91 Å². The molecule has 1 amide bonds. The summed E-state index contributed by atoms with van der Waals surface area (Å²) in [6.07, 6.45) is 0.880. The number of amides is 1. The summed E-state index contributed by atoms with van der Waals surface area (Å²) in [5.74, 6) is -0.230. The third kappa shape index (κ3) is 4.00. The van der Waals surface area contributed by atoms with Crippen molar-refractivity contribution < 1.29 is 4.79 Å². The predicted octanol–water partition coefficient (Wildman–Crippen LogP) is 5.96. The van der Waals surface area contributed by atoms with Gasteiger partial charge in [-0.15, -0.1) is 11.3 Å². The first-order chi connectivity index (χ1) is 12.5. The van der Waals surface area contributed by atoms with E-state index in [2.05, 4.69) is 39.3 Å². The summed E-state index contributed by atoms with van der Waals surface area (Å²) in [4.78, 5) is 18.9. The highest BCUT2D eigenvalue weighted by Crippen LogP contribution is 2.27. The largest absolute Gasteiger partial charge is 0.316 e. The Labute approximate surface area is 170 Å². The number of aryl methyl sites for hydroxylation is 1. The molecule has 0 unspecified atom stereocenters. The minimum Gasteiger partial charge on any atom is -0.316 e. The zero-order valence-corrected chi connectivity index (χ0v) is 17.7. The minimum atomic E-state index is -0.230. The van der Waals surface area contributed by atoms with E-state index in [9.17, 15) is 4.79 Å². The molecule has 0 saturated carbocycles. The average molecular weight is 450 g/mol. The van der Waals surface area contributed by atoms with Gasteiger partial charge in [0.2, 0.25) is 0 Å². The topological polar surface area (TPSA) is 34.4 Å². The SMILES string of the molecule is CCc1sc(=NC(=O)c2ccc(Br)cc2)n(CC)c1-c1ccc(Cl)cc1. The number of carbonyl (C=O) groups excluding carboxylic acids is 1. The first kappa shape index (κ1) is 19.1. The Kier molecular flexibility index (Phi) is 6.12.